The molecule has 0 aliphatic rings. The molecule has 0 spiro atoms. The molecule has 1 aromatic rings. The topological polar surface area (TPSA) is 65.2 Å². The summed E-state index contributed by atoms with van der Waals surface area (Å²) >= 11 is 0. The zero-order valence-corrected chi connectivity index (χ0v) is 11.9. The molecule has 2 N–H and O–H groups in total. The molecular formula is C14H20F2N2O2. The molecule has 0 fully saturated rings. The Kier molecular flexibility index (Phi) is 5.85. The minimum atomic E-state index is -2.32. The van der Waals surface area contributed by atoms with Gasteiger partial charge < -0.3 is 10.5 Å². The highest BCUT2D eigenvalue weighted by Crippen LogP contribution is 2.29. The van der Waals surface area contributed by atoms with E-state index in [0.29, 0.717) is 18.5 Å². The van der Waals surface area contributed by atoms with Gasteiger partial charge in [-0.2, -0.15) is 0 Å². The molecular weight excluding hydrogens is 266 g/mol. The van der Waals surface area contributed by atoms with Gasteiger partial charge in [-0.15, -0.1) is 0 Å². The first kappa shape index (κ1) is 16.3. The number of ether oxygens (including phenoxy) is 1. The summed E-state index contributed by atoms with van der Waals surface area (Å²) in [6.07, 6.45) is 0.0472. The molecule has 0 amide bonds. The number of nitrogens with two attached hydrogens (primary N) is 1. The Bertz CT molecular complexity index is 466. The number of halogens is 2. The minimum absolute atomic E-state index is 0.0254. The highest BCUT2D eigenvalue weighted by molar-refractivity contribution is 5.87. The van der Waals surface area contributed by atoms with E-state index in [9.17, 15) is 13.6 Å². The van der Waals surface area contributed by atoms with E-state index in [4.69, 9.17) is 5.73 Å². The molecule has 20 heavy (non-hydrogen) atoms. The Morgan fingerprint density at radius 1 is 1.40 bits per heavy atom. The van der Waals surface area contributed by atoms with Gasteiger partial charge in [0, 0.05) is 5.92 Å². The van der Waals surface area contributed by atoms with Crippen LogP contribution in [0.15, 0.2) is 12.3 Å². The van der Waals surface area contributed by atoms with Gasteiger partial charge in [-0.05, 0) is 30.4 Å². The third-order valence-electron chi connectivity index (χ3n) is 3.38. The van der Waals surface area contributed by atoms with Crippen molar-refractivity contribution in [2.45, 2.75) is 39.0 Å². The first-order chi connectivity index (χ1) is 9.36. The van der Waals surface area contributed by atoms with Crippen molar-refractivity contribution in [2.75, 3.05) is 12.8 Å². The summed E-state index contributed by atoms with van der Waals surface area (Å²) in [7, 11) is 1.27. The second-order valence-corrected chi connectivity index (χ2v) is 4.98. The zero-order valence-electron chi connectivity index (χ0n) is 11.9. The van der Waals surface area contributed by atoms with Crippen LogP contribution in [0.3, 0.4) is 0 Å². The number of esters is 1. The number of carbonyl (C=O) groups is 1. The third kappa shape index (κ3) is 4.15. The summed E-state index contributed by atoms with van der Waals surface area (Å²) in [5.74, 6) is -1.22. The summed E-state index contributed by atoms with van der Waals surface area (Å²) in [4.78, 5) is 15.3. The second-order valence-electron chi connectivity index (χ2n) is 4.98. The predicted molar refractivity (Wildman–Crippen MR) is 72.8 cm³/mol. The van der Waals surface area contributed by atoms with Gasteiger partial charge in [-0.25, -0.2) is 18.6 Å². The van der Waals surface area contributed by atoms with Crippen LogP contribution in [-0.2, 0) is 4.74 Å². The van der Waals surface area contributed by atoms with Crippen molar-refractivity contribution in [1.82, 2.24) is 4.98 Å². The van der Waals surface area contributed by atoms with Crippen molar-refractivity contribution in [1.29, 1.82) is 0 Å². The number of aromatic nitrogens is 1. The van der Waals surface area contributed by atoms with E-state index in [1.54, 1.807) is 6.07 Å². The number of hydrogen-bond acceptors (Lipinski definition) is 4. The van der Waals surface area contributed by atoms with Crippen molar-refractivity contribution >= 4 is 11.7 Å². The van der Waals surface area contributed by atoms with E-state index in [1.165, 1.54) is 20.2 Å². The van der Waals surface area contributed by atoms with Crippen LogP contribution in [0, 0.1) is 5.92 Å². The van der Waals surface area contributed by atoms with E-state index in [-0.39, 0.29) is 11.6 Å². The van der Waals surface area contributed by atoms with Crippen LogP contribution in [0.2, 0.25) is 0 Å². The van der Waals surface area contributed by atoms with Crippen LogP contribution in [-0.4, -0.2) is 24.5 Å². The van der Waals surface area contributed by atoms with Crippen LogP contribution in [0.5, 0.6) is 0 Å². The molecule has 0 aliphatic heterocycles. The maximum absolute atomic E-state index is 12.5. The van der Waals surface area contributed by atoms with E-state index in [1.807, 2.05) is 6.92 Å². The molecule has 1 rings (SSSR count). The molecule has 112 valence electrons. The number of pyridine rings is 1. The zero-order chi connectivity index (χ0) is 15.3. The highest BCUT2D eigenvalue weighted by atomic mass is 19.3. The smallest absolute Gasteiger partial charge is 0.356 e. The lowest BCUT2D eigenvalue weighted by atomic mass is 9.91. The third-order valence-corrected chi connectivity index (χ3v) is 3.38. The molecule has 0 unspecified atom stereocenters. The van der Waals surface area contributed by atoms with Crippen LogP contribution in [0.4, 0.5) is 14.5 Å². The molecule has 0 aliphatic carbocycles. The van der Waals surface area contributed by atoms with Crippen LogP contribution in [0.1, 0.15) is 48.7 Å². The average Bonchev–Trinajstić information content (AvgIpc) is 2.43. The summed E-state index contributed by atoms with van der Waals surface area (Å²) in [6, 6.07) is 1.57. The van der Waals surface area contributed by atoms with Crippen molar-refractivity contribution in [3.8, 4) is 0 Å². The molecule has 6 heteroatoms. The molecule has 0 radical (unpaired) electrons. The maximum Gasteiger partial charge on any atom is 0.356 e. The number of rotatable bonds is 6. The second kappa shape index (κ2) is 7.17. The fraction of sp³-hybridized carbons (Fsp3) is 0.571. The fourth-order valence-corrected chi connectivity index (χ4v) is 1.92. The molecule has 0 aromatic carbocycles. The number of alkyl halides is 2. The Morgan fingerprint density at radius 2 is 2.05 bits per heavy atom. The molecule has 1 aromatic heterocycles. The number of methoxy groups -OCH3 is 1. The van der Waals surface area contributed by atoms with Crippen molar-refractivity contribution in [3.63, 3.8) is 0 Å². The van der Waals surface area contributed by atoms with Gasteiger partial charge in [-0.3, -0.25) is 0 Å². The Labute approximate surface area is 117 Å². The number of nitrogens with zero attached hydrogens (tertiary/aromatic N) is 1. The summed E-state index contributed by atoms with van der Waals surface area (Å²) < 4.78 is 29.6. The number of anilines is 1. The molecule has 0 bridgehead atoms. The Balaban J connectivity index is 2.81. The van der Waals surface area contributed by atoms with Crippen LogP contribution in [0.25, 0.3) is 0 Å². The van der Waals surface area contributed by atoms with Gasteiger partial charge >= 0.3 is 5.97 Å². The number of nitrogen functional groups attached to an aromatic ring is 1. The first-order valence-electron chi connectivity index (χ1n) is 6.48. The molecule has 0 saturated heterocycles. The van der Waals surface area contributed by atoms with Crippen molar-refractivity contribution in [3.05, 3.63) is 23.5 Å². The lowest BCUT2D eigenvalue weighted by Crippen LogP contribution is -2.11. The van der Waals surface area contributed by atoms with Crippen LogP contribution < -0.4 is 5.73 Å². The van der Waals surface area contributed by atoms with E-state index in [0.717, 1.165) is 5.56 Å². The Hall–Kier alpha value is -1.72. The summed E-state index contributed by atoms with van der Waals surface area (Å²) in [6.45, 7) is 3.41. The lowest BCUT2D eigenvalue weighted by molar-refractivity contribution is 0.0594. The van der Waals surface area contributed by atoms with Gasteiger partial charge in [0.05, 0.1) is 19.0 Å². The van der Waals surface area contributed by atoms with Gasteiger partial charge in [0.2, 0.25) is 6.43 Å². The molecule has 2 atom stereocenters. The monoisotopic (exact) mass is 286 g/mol. The number of hydrogen-bond donors (Lipinski definition) is 1. The van der Waals surface area contributed by atoms with Crippen molar-refractivity contribution in [2.24, 2.45) is 5.92 Å². The average molecular weight is 286 g/mol. The van der Waals surface area contributed by atoms with E-state index < -0.39 is 18.3 Å². The molecule has 4 nitrogen and oxygen atoms in total. The highest BCUT2D eigenvalue weighted by Gasteiger charge is 2.19. The predicted octanol–water partition coefficient (Wildman–Crippen LogP) is 3.24. The summed E-state index contributed by atoms with van der Waals surface area (Å²) in [5, 5.41) is 0. The quantitative estimate of drug-likeness (QED) is 0.815. The van der Waals surface area contributed by atoms with Crippen molar-refractivity contribution < 1.29 is 18.3 Å². The van der Waals surface area contributed by atoms with Gasteiger partial charge in [-0.1, -0.05) is 13.8 Å². The first-order valence-corrected chi connectivity index (χ1v) is 6.48. The standard InChI is InChI=1S/C14H20F2N2O2/c1-8(4-5-9(2)13(15)16)10-6-12(14(19)20-3)18-7-11(10)17/h6-9,13H,4-5,17H2,1-3H3/t8-,9-/m0/s1. The largest absolute Gasteiger partial charge is 0.464 e. The lowest BCUT2D eigenvalue weighted by Gasteiger charge is -2.17. The molecule has 0 saturated carbocycles. The van der Waals surface area contributed by atoms with Crippen LogP contribution >= 0.6 is 0 Å². The molecule has 1 heterocycles. The number of carbonyl (C=O) groups excluding carboxylic acids is 1. The Morgan fingerprint density at radius 3 is 2.60 bits per heavy atom. The summed E-state index contributed by atoms with van der Waals surface area (Å²) in [5.41, 5.74) is 7.20. The minimum Gasteiger partial charge on any atom is -0.464 e. The van der Waals surface area contributed by atoms with Gasteiger partial charge in [0.15, 0.2) is 0 Å². The normalized spacial score (nSPS) is 14.1. The maximum atomic E-state index is 12.5. The fourth-order valence-electron chi connectivity index (χ4n) is 1.92. The SMILES string of the molecule is COC(=O)c1cc([C@@H](C)CC[C@H](C)C(F)F)c(N)cn1. The van der Waals surface area contributed by atoms with Gasteiger partial charge in [0.1, 0.15) is 5.69 Å². The van der Waals surface area contributed by atoms with Gasteiger partial charge in [0.25, 0.3) is 0 Å². The van der Waals surface area contributed by atoms with E-state index >= 15 is 0 Å². The van der Waals surface area contributed by atoms with E-state index in [2.05, 4.69) is 9.72 Å².